The fourth-order valence-electron chi connectivity index (χ4n) is 4.67. The molecular formula is C23H27N3O4S2. The molecule has 32 heavy (non-hydrogen) atoms. The number of rotatable bonds is 8. The molecule has 3 aliphatic rings. The Morgan fingerprint density at radius 2 is 2.00 bits per heavy atom. The van der Waals surface area contributed by atoms with Gasteiger partial charge in [0.25, 0.3) is 0 Å². The second-order valence-corrected chi connectivity index (χ2v) is 12.3. The molecule has 1 aromatic carbocycles. The van der Waals surface area contributed by atoms with Gasteiger partial charge < -0.3 is 5.32 Å². The number of aromatic nitrogens is 2. The predicted octanol–water partition coefficient (Wildman–Crippen LogP) is 4.14. The topological polar surface area (TPSA) is 106 Å². The van der Waals surface area contributed by atoms with Gasteiger partial charge in [0.1, 0.15) is 11.6 Å². The van der Waals surface area contributed by atoms with Crippen LogP contribution >= 0.6 is 11.5 Å². The van der Waals surface area contributed by atoms with Gasteiger partial charge in [-0.1, -0.05) is 12.1 Å². The fourth-order valence-corrected chi connectivity index (χ4v) is 7.18. The second kappa shape index (κ2) is 8.33. The number of Topliss-reactive ketones (excluding diaryl/α,β-unsaturated/α-hetero) is 1. The molecule has 0 aliphatic heterocycles. The Hall–Kier alpha value is -2.13. The van der Waals surface area contributed by atoms with Gasteiger partial charge in [-0.25, -0.2) is 13.4 Å². The van der Waals surface area contributed by atoms with E-state index in [-0.39, 0.29) is 28.8 Å². The van der Waals surface area contributed by atoms with Gasteiger partial charge in [-0.2, -0.15) is 4.37 Å². The number of ketones is 1. The van der Waals surface area contributed by atoms with Gasteiger partial charge in [0.15, 0.2) is 9.84 Å². The summed E-state index contributed by atoms with van der Waals surface area (Å²) >= 11 is 1.14. The number of aryl methyl sites for hydroxylation is 1. The summed E-state index contributed by atoms with van der Waals surface area (Å²) in [5.41, 5.74) is 1.68. The van der Waals surface area contributed by atoms with Gasteiger partial charge in [-0.05, 0) is 74.5 Å². The molecule has 0 saturated heterocycles. The first kappa shape index (κ1) is 21.7. The first-order valence-electron chi connectivity index (χ1n) is 11.3. The normalized spacial score (nSPS) is 22.2. The minimum absolute atomic E-state index is 0.161. The third-order valence-corrected chi connectivity index (χ3v) is 9.77. The molecule has 5 rings (SSSR count). The molecule has 2 atom stereocenters. The lowest BCUT2D eigenvalue weighted by Crippen LogP contribution is -2.23. The van der Waals surface area contributed by atoms with Crippen molar-refractivity contribution < 1.29 is 18.0 Å². The largest absolute Gasteiger partial charge is 0.300 e. The number of carbonyl (C=O) groups is 2. The second-order valence-electron chi connectivity index (χ2n) is 9.39. The third kappa shape index (κ3) is 4.50. The van der Waals surface area contributed by atoms with Gasteiger partial charge in [-0.15, -0.1) is 0 Å². The first-order chi connectivity index (χ1) is 15.3. The van der Waals surface area contributed by atoms with Crippen molar-refractivity contribution >= 4 is 38.2 Å². The van der Waals surface area contributed by atoms with Crippen molar-refractivity contribution in [2.75, 3.05) is 5.32 Å². The van der Waals surface area contributed by atoms with E-state index in [2.05, 4.69) is 14.7 Å². The van der Waals surface area contributed by atoms with Gasteiger partial charge in [0, 0.05) is 24.4 Å². The van der Waals surface area contributed by atoms with E-state index in [1.54, 1.807) is 19.1 Å². The summed E-state index contributed by atoms with van der Waals surface area (Å²) in [6.45, 7) is 1.77. The van der Waals surface area contributed by atoms with Gasteiger partial charge >= 0.3 is 0 Å². The zero-order valence-electron chi connectivity index (χ0n) is 18.0. The standard InChI is InChI=1S/C23H27N3O4S2/c1-13-24-23(31-26-13)25-22(28)20(11-14-2-6-17(27)10-14)16-5-9-21(19(12-16)15-3-4-15)32(29,30)18-7-8-18/h5,9,12,14-15,18,20H,2-4,6-8,10-11H2,1H3,(H,24,25,26,28)/t14-,20+/m0/s1. The van der Waals surface area contributed by atoms with E-state index in [1.165, 1.54) is 0 Å². The number of amides is 1. The summed E-state index contributed by atoms with van der Waals surface area (Å²) < 4.78 is 30.1. The van der Waals surface area contributed by atoms with E-state index in [0.29, 0.717) is 35.1 Å². The zero-order valence-corrected chi connectivity index (χ0v) is 19.7. The van der Waals surface area contributed by atoms with E-state index < -0.39 is 15.8 Å². The van der Waals surface area contributed by atoms with Crippen LogP contribution in [0, 0.1) is 12.8 Å². The monoisotopic (exact) mass is 473 g/mol. The Labute approximate surface area is 192 Å². The molecule has 0 bridgehead atoms. The Bertz CT molecular complexity index is 1170. The number of carbonyl (C=O) groups excluding carboxylic acids is 2. The van der Waals surface area contributed by atoms with Crippen molar-refractivity contribution in [3.05, 3.63) is 35.2 Å². The number of sulfone groups is 1. The van der Waals surface area contributed by atoms with Gasteiger partial charge in [-0.3, -0.25) is 9.59 Å². The molecule has 170 valence electrons. The van der Waals surface area contributed by atoms with Crippen LogP contribution in [0.2, 0.25) is 0 Å². The highest BCUT2D eigenvalue weighted by Crippen LogP contribution is 2.47. The zero-order chi connectivity index (χ0) is 22.5. The molecule has 0 unspecified atom stereocenters. The summed E-state index contributed by atoms with van der Waals surface area (Å²) in [6, 6.07) is 5.46. The molecule has 1 aromatic heterocycles. The maximum atomic E-state index is 13.3. The molecular weight excluding hydrogens is 446 g/mol. The Morgan fingerprint density at radius 3 is 2.59 bits per heavy atom. The van der Waals surface area contributed by atoms with Crippen LogP contribution in [-0.2, 0) is 19.4 Å². The highest BCUT2D eigenvalue weighted by atomic mass is 32.2. The Balaban J connectivity index is 1.47. The molecule has 1 N–H and O–H groups in total. The van der Waals surface area contributed by atoms with E-state index in [4.69, 9.17) is 0 Å². The highest BCUT2D eigenvalue weighted by molar-refractivity contribution is 7.92. The fraction of sp³-hybridized carbons (Fsp3) is 0.565. The highest BCUT2D eigenvalue weighted by Gasteiger charge is 2.41. The van der Waals surface area contributed by atoms with Crippen LogP contribution in [0.25, 0.3) is 0 Å². The molecule has 0 radical (unpaired) electrons. The number of anilines is 1. The molecule has 3 aliphatic carbocycles. The van der Waals surface area contributed by atoms with Crippen molar-refractivity contribution in [3.63, 3.8) is 0 Å². The van der Waals surface area contributed by atoms with Crippen LogP contribution in [0.1, 0.15) is 80.2 Å². The molecule has 1 amide bonds. The van der Waals surface area contributed by atoms with Crippen LogP contribution in [0.4, 0.5) is 5.13 Å². The average Bonchev–Trinajstić information content (AvgIpc) is 3.68. The van der Waals surface area contributed by atoms with E-state index in [0.717, 1.165) is 54.8 Å². The summed E-state index contributed by atoms with van der Waals surface area (Å²) in [6.07, 6.45) is 5.86. The van der Waals surface area contributed by atoms with Crippen LogP contribution in [0.5, 0.6) is 0 Å². The number of nitrogens with zero attached hydrogens (tertiary/aromatic N) is 2. The molecule has 2 aromatic rings. The third-order valence-electron chi connectivity index (χ3n) is 6.71. The number of benzene rings is 1. The molecule has 7 nitrogen and oxygen atoms in total. The molecule has 1 heterocycles. The van der Waals surface area contributed by atoms with E-state index in [9.17, 15) is 18.0 Å². The first-order valence-corrected chi connectivity index (χ1v) is 13.6. The van der Waals surface area contributed by atoms with Crippen molar-refractivity contribution in [1.82, 2.24) is 9.36 Å². The lowest BCUT2D eigenvalue weighted by Gasteiger charge is -2.21. The minimum atomic E-state index is -3.30. The van der Waals surface area contributed by atoms with Crippen LogP contribution in [0.3, 0.4) is 0 Å². The number of nitrogens with one attached hydrogen (secondary N) is 1. The van der Waals surface area contributed by atoms with Crippen molar-refractivity contribution in [2.45, 2.75) is 80.3 Å². The molecule has 3 saturated carbocycles. The summed E-state index contributed by atoms with van der Waals surface area (Å²) in [7, 11) is -3.30. The van der Waals surface area contributed by atoms with Gasteiger partial charge in [0.2, 0.25) is 11.0 Å². The number of hydrogen-bond acceptors (Lipinski definition) is 7. The van der Waals surface area contributed by atoms with Crippen molar-refractivity contribution in [1.29, 1.82) is 0 Å². The lowest BCUT2D eigenvalue weighted by molar-refractivity contribution is -0.119. The maximum absolute atomic E-state index is 13.3. The minimum Gasteiger partial charge on any atom is -0.300 e. The molecule has 9 heteroatoms. The lowest BCUT2D eigenvalue weighted by atomic mass is 9.86. The molecule has 3 fully saturated rings. The SMILES string of the molecule is Cc1nsc(NC(=O)[C@H](C[C@H]2CCC(=O)C2)c2ccc(S(=O)(=O)C3CC3)c(C3CC3)c2)n1. The van der Waals surface area contributed by atoms with Crippen LogP contribution in [-0.4, -0.2) is 34.7 Å². The quantitative estimate of drug-likeness (QED) is 0.618. The van der Waals surface area contributed by atoms with Crippen molar-refractivity contribution in [3.8, 4) is 0 Å². The van der Waals surface area contributed by atoms with Crippen molar-refractivity contribution in [2.24, 2.45) is 5.92 Å². The van der Waals surface area contributed by atoms with E-state index >= 15 is 0 Å². The number of hydrogen-bond donors (Lipinski definition) is 1. The summed E-state index contributed by atoms with van der Waals surface area (Å²) in [4.78, 5) is 29.8. The van der Waals surface area contributed by atoms with E-state index in [1.807, 2.05) is 6.07 Å². The predicted molar refractivity (Wildman–Crippen MR) is 122 cm³/mol. The Morgan fingerprint density at radius 1 is 1.22 bits per heavy atom. The smallest absolute Gasteiger partial charge is 0.233 e. The van der Waals surface area contributed by atoms with Crippen LogP contribution in [0.15, 0.2) is 23.1 Å². The summed E-state index contributed by atoms with van der Waals surface area (Å²) in [5, 5.41) is 3.09. The molecule has 0 spiro atoms. The Kier molecular flexibility index (Phi) is 5.65. The summed E-state index contributed by atoms with van der Waals surface area (Å²) in [5.74, 6) is 0.618. The van der Waals surface area contributed by atoms with Crippen LogP contribution < -0.4 is 5.32 Å². The maximum Gasteiger partial charge on any atom is 0.233 e. The van der Waals surface area contributed by atoms with Gasteiger partial charge in [0.05, 0.1) is 16.1 Å². The average molecular weight is 474 g/mol.